The Hall–Kier alpha value is -2.28. The molecule has 0 bridgehead atoms. The van der Waals surface area contributed by atoms with Crippen LogP contribution in [-0.2, 0) is 11.8 Å². The van der Waals surface area contributed by atoms with Crippen molar-refractivity contribution in [3.05, 3.63) is 30.6 Å². The van der Waals surface area contributed by atoms with E-state index in [1.807, 2.05) is 11.6 Å². The molecule has 1 aliphatic rings. The second kappa shape index (κ2) is 6.87. The smallest absolute Gasteiger partial charge is 0.289 e. The molecule has 1 fully saturated rings. The zero-order chi connectivity index (χ0) is 16.2. The van der Waals surface area contributed by atoms with Crippen LogP contribution in [0.1, 0.15) is 36.3 Å². The van der Waals surface area contributed by atoms with Gasteiger partial charge in [-0.1, -0.05) is 0 Å². The van der Waals surface area contributed by atoms with Crippen LogP contribution in [0.15, 0.2) is 24.8 Å². The van der Waals surface area contributed by atoms with Crippen molar-refractivity contribution in [2.45, 2.75) is 37.8 Å². The number of rotatable bonds is 4. The summed E-state index contributed by atoms with van der Waals surface area (Å²) >= 11 is 0. The van der Waals surface area contributed by atoms with E-state index in [4.69, 9.17) is 4.74 Å². The largest absolute Gasteiger partial charge is 0.381 e. The number of hydrogen-bond donors (Lipinski definition) is 1. The van der Waals surface area contributed by atoms with E-state index in [0.717, 1.165) is 31.4 Å². The fourth-order valence-corrected chi connectivity index (χ4v) is 2.91. The van der Waals surface area contributed by atoms with Crippen LogP contribution in [0.5, 0.6) is 0 Å². The van der Waals surface area contributed by atoms with Gasteiger partial charge in [-0.05, 0) is 31.7 Å². The number of imidazole rings is 1. The van der Waals surface area contributed by atoms with Crippen molar-refractivity contribution in [3.63, 3.8) is 0 Å². The molecule has 3 rings (SSSR count). The highest BCUT2D eigenvalue weighted by atomic mass is 16.5. The molecule has 1 N–H and O–H groups in total. The maximum atomic E-state index is 12.4. The minimum absolute atomic E-state index is 0.165. The molecule has 7 nitrogen and oxygen atoms in total. The predicted molar refractivity (Wildman–Crippen MR) is 84.8 cm³/mol. The monoisotopic (exact) mass is 315 g/mol. The molecule has 0 spiro atoms. The first-order valence-electron chi connectivity index (χ1n) is 7.80. The average Bonchev–Trinajstić information content (AvgIpc) is 3.02. The minimum Gasteiger partial charge on any atom is -0.381 e. The maximum absolute atomic E-state index is 12.4. The van der Waals surface area contributed by atoms with E-state index >= 15 is 0 Å². The highest BCUT2D eigenvalue weighted by molar-refractivity contribution is 5.91. The van der Waals surface area contributed by atoms with Gasteiger partial charge >= 0.3 is 0 Å². The van der Waals surface area contributed by atoms with Crippen LogP contribution >= 0.6 is 0 Å². The van der Waals surface area contributed by atoms with Crippen molar-refractivity contribution < 1.29 is 9.53 Å². The molecule has 0 radical (unpaired) electrons. The zero-order valence-electron chi connectivity index (χ0n) is 13.4. The number of carbonyl (C=O) groups is 1. The van der Waals surface area contributed by atoms with Gasteiger partial charge < -0.3 is 14.6 Å². The summed E-state index contributed by atoms with van der Waals surface area (Å²) in [6.07, 6.45) is 9.12. The normalized spacial score (nSPS) is 21.1. The second-order valence-corrected chi connectivity index (χ2v) is 5.84. The number of ether oxygens (including phenoxy) is 1. The first-order valence-corrected chi connectivity index (χ1v) is 7.80. The number of hydrogen-bond acceptors (Lipinski definition) is 5. The summed E-state index contributed by atoms with van der Waals surface area (Å²) in [7, 11) is 3.62. The van der Waals surface area contributed by atoms with Gasteiger partial charge in [0, 0.05) is 26.4 Å². The summed E-state index contributed by atoms with van der Waals surface area (Å²) in [4.78, 5) is 24.9. The van der Waals surface area contributed by atoms with E-state index in [2.05, 4.69) is 20.3 Å². The topological polar surface area (TPSA) is 81.9 Å². The lowest BCUT2D eigenvalue weighted by Crippen LogP contribution is -2.39. The van der Waals surface area contributed by atoms with Gasteiger partial charge in [-0.2, -0.15) is 0 Å². The van der Waals surface area contributed by atoms with E-state index in [0.29, 0.717) is 11.8 Å². The molecule has 0 atom stereocenters. The molecule has 122 valence electrons. The Kier molecular flexibility index (Phi) is 4.66. The molecular formula is C16H21N5O2. The zero-order valence-corrected chi connectivity index (χ0v) is 13.4. The quantitative estimate of drug-likeness (QED) is 0.926. The van der Waals surface area contributed by atoms with Gasteiger partial charge in [0.05, 0.1) is 30.0 Å². The Morgan fingerprint density at radius 3 is 2.78 bits per heavy atom. The Labute approximate surface area is 135 Å². The average molecular weight is 315 g/mol. The second-order valence-electron chi connectivity index (χ2n) is 5.84. The molecule has 23 heavy (non-hydrogen) atoms. The van der Waals surface area contributed by atoms with E-state index in [1.165, 1.54) is 0 Å². The summed E-state index contributed by atoms with van der Waals surface area (Å²) in [6, 6.07) is 1.94. The van der Waals surface area contributed by atoms with Crippen LogP contribution in [-0.4, -0.2) is 44.7 Å². The number of carbonyl (C=O) groups excluding carboxylic acids is 1. The first kappa shape index (κ1) is 15.6. The highest BCUT2D eigenvalue weighted by Gasteiger charge is 2.23. The molecule has 0 aromatic carbocycles. The van der Waals surface area contributed by atoms with Gasteiger partial charge in [0.15, 0.2) is 0 Å². The molecule has 7 heteroatoms. The third-order valence-corrected chi connectivity index (χ3v) is 4.28. The molecule has 0 aliphatic heterocycles. The molecular weight excluding hydrogens is 294 g/mol. The molecule has 1 saturated carbocycles. The van der Waals surface area contributed by atoms with Gasteiger partial charge in [0.2, 0.25) is 5.82 Å². The minimum atomic E-state index is -0.227. The van der Waals surface area contributed by atoms with E-state index in [9.17, 15) is 4.79 Å². The molecule has 2 heterocycles. The summed E-state index contributed by atoms with van der Waals surface area (Å²) < 4.78 is 7.21. The highest BCUT2D eigenvalue weighted by Crippen LogP contribution is 2.21. The van der Waals surface area contributed by atoms with Crippen molar-refractivity contribution in [1.29, 1.82) is 0 Å². The van der Waals surface area contributed by atoms with Crippen LogP contribution in [0.4, 0.5) is 0 Å². The van der Waals surface area contributed by atoms with Gasteiger partial charge in [0.25, 0.3) is 5.91 Å². The van der Waals surface area contributed by atoms with Gasteiger partial charge in [-0.15, -0.1) is 0 Å². The number of aryl methyl sites for hydroxylation is 1. The summed E-state index contributed by atoms with van der Waals surface area (Å²) in [5.74, 6) is -0.0348. The lowest BCUT2D eigenvalue weighted by atomic mass is 9.93. The van der Waals surface area contributed by atoms with Crippen LogP contribution in [0.3, 0.4) is 0 Å². The summed E-state index contributed by atoms with van der Waals surface area (Å²) in [6.45, 7) is 0. The summed E-state index contributed by atoms with van der Waals surface area (Å²) in [5, 5.41) is 3.02. The van der Waals surface area contributed by atoms with Gasteiger partial charge in [-0.3, -0.25) is 4.79 Å². The number of nitrogens with zero attached hydrogens (tertiary/aromatic N) is 4. The van der Waals surface area contributed by atoms with E-state index < -0.39 is 0 Å². The Balaban J connectivity index is 1.67. The molecule has 1 aliphatic carbocycles. The lowest BCUT2D eigenvalue weighted by Gasteiger charge is -2.27. The number of aromatic nitrogens is 4. The molecule has 0 saturated heterocycles. The van der Waals surface area contributed by atoms with Crippen molar-refractivity contribution in [2.24, 2.45) is 7.05 Å². The molecule has 2 aromatic rings. The van der Waals surface area contributed by atoms with Crippen LogP contribution in [0.2, 0.25) is 0 Å². The maximum Gasteiger partial charge on any atom is 0.289 e. The van der Waals surface area contributed by atoms with Crippen molar-refractivity contribution in [1.82, 2.24) is 24.8 Å². The van der Waals surface area contributed by atoms with E-state index in [-0.39, 0.29) is 17.8 Å². The van der Waals surface area contributed by atoms with Crippen LogP contribution in [0.25, 0.3) is 11.4 Å². The Morgan fingerprint density at radius 2 is 2.13 bits per heavy atom. The lowest BCUT2D eigenvalue weighted by molar-refractivity contribution is 0.0597. The Bertz CT molecular complexity index is 677. The third-order valence-electron chi connectivity index (χ3n) is 4.28. The molecule has 1 amide bonds. The number of nitrogens with one attached hydrogen (secondary N) is 1. The molecule has 2 aromatic heterocycles. The van der Waals surface area contributed by atoms with Gasteiger partial charge in [-0.25, -0.2) is 15.0 Å². The third kappa shape index (κ3) is 3.56. The fraction of sp³-hybridized carbons (Fsp3) is 0.500. The van der Waals surface area contributed by atoms with Crippen molar-refractivity contribution in [2.75, 3.05) is 7.11 Å². The van der Waals surface area contributed by atoms with Crippen molar-refractivity contribution in [3.8, 4) is 11.4 Å². The fourth-order valence-electron chi connectivity index (χ4n) is 2.91. The van der Waals surface area contributed by atoms with E-state index in [1.54, 1.807) is 31.9 Å². The van der Waals surface area contributed by atoms with Gasteiger partial charge in [0.1, 0.15) is 0 Å². The summed E-state index contributed by atoms with van der Waals surface area (Å²) in [5.41, 5.74) is 1.54. The van der Waals surface area contributed by atoms with Crippen LogP contribution < -0.4 is 5.32 Å². The van der Waals surface area contributed by atoms with Crippen molar-refractivity contribution >= 4 is 5.91 Å². The predicted octanol–water partition coefficient (Wildman–Crippen LogP) is 1.56. The Morgan fingerprint density at radius 1 is 1.35 bits per heavy atom. The SMILES string of the molecule is CO[C@H]1CC[C@H](NC(=O)c2nccc(-c3cncn3C)n2)CC1. The van der Waals surface area contributed by atoms with Crippen LogP contribution in [0, 0.1) is 0 Å². The number of amides is 1. The molecule has 0 unspecified atom stereocenters. The first-order chi connectivity index (χ1) is 11.2. The standard InChI is InChI=1S/C16H21N5O2/c1-21-10-17-9-14(21)13-7-8-18-15(20-13)16(22)19-11-3-5-12(23-2)6-4-11/h7-12H,3-6H2,1-2H3,(H,19,22)/t11-,12-. The number of methoxy groups -OCH3 is 1.